The van der Waals surface area contributed by atoms with Gasteiger partial charge in [0.05, 0.1) is 0 Å². The van der Waals surface area contributed by atoms with Crippen molar-refractivity contribution in [2.75, 3.05) is 20.1 Å². The standard InChI is InChI=1S/C17H25ClN2O/c1-12(2)20-8-6-17(7-9-20)11-15(19-3)14-10-13(18)4-5-16(14)21-17/h4-5,10,12,15,19H,6-9,11H2,1-3H3. The first-order chi connectivity index (χ1) is 10.0. The van der Waals surface area contributed by atoms with Crippen LogP contribution in [0.5, 0.6) is 5.75 Å². The van der Waals surface area contributed by atoms with E-state index in [0.29, 0.717) is 12.1 Å². The number of fused-ring (bicyclic) bond motifs is 1. The Bertz CT molecular complexity index is 510. The van der Waals surface area contributed by atoms with Crippen molar-refractivity contribution in [3.8, 4) is 5.75 Å². The van der Waals surface area contributed by atoms with Crippen LogP contribution >= 0.6 is 11.6 Å². The number of rotatable bonds is 2. The third kappa shape index (κ3) is 2.92. The van der Waals surface area contributed by atoms with Crippen LogP contribution in [0.4, 0.5) is 0 Å². The van der Waals surface area contributed by atoms with E-state index in [9.17, 15) is 0 Å². The number of likely N-dealkylation sites (tertiary alicyclic amines) is 1. The largest absolute Gasteiger partial charge is 0.487 e. The molecule has 1 aromatic carbocycles. The number of hydrogen-bond donors (Lipinski definition) is 1. The molecule has 0 saturated carbocycles. The molecule has 1 aromatic rings. The van der Waals surface area contributed by atoms with Crippen molar-refractivity contribution in [1.82, 2.24) is 10.2 Å². The summed E-state index contributed by atoms with van der Waals surface area (Å²) < 4.78 is 6.45. The van der Waals surface area contributed by atoms with E-state index in [0.717, 1.165) is 43.1 Å². The van der Waals surface area contributed by atoms with Crippen molar-refractivity contribution >= 4 is 11.6 Å². The van der Waals surface area contributed by atoms with Crippen LogP contribution in [0.1, 0.15) is 44.7 Å². The predicted octanol–water partition coefficient (Wildman–Crippen LogP) is 3.63. The van der Waals surface area contributed by atoms with Crippen LogP contribution in [0.3, 0.4) is 0 Å². The van der Waals surface area contributed by atoms with Crippen LogP contribution in [-0.2, 0) is 0 Å². The van der Waals surface area contributed by atoms with E-state index in [4.69, 9.17) is 16.3 Å². The minimum Gasteiger partial charge on any atom is -0.487 e. The molecule has 1 fully saturated rings. The fourth-order valence-electron chi connectivity index (χ4n) is 3.65. The summed E-state index contributed by atoms with van der Waals surface area (Å²) in [4.78, 5) is 2.54. The third-order valence-electron chi connectivity index (χ3n) is 5.04. The average molecular weight is 309 g/mol. The quantitative estimate of drug-likeness (QED) is 0.903. The first kappa shape index (κ1) is 15.1. The van der Waals surface area contributed by atoms with Crippen molar-refractivity contribution in [2.24, 2.45) is 0 Å². The first-order valence-electron chi connectivity index (χ1n) is 7.93. The van der Waals surface area contributed by atoms with Gasteiger partial charge in [-0.2, -0.15) is 0 Å². The van der Waals surface area contributed by atoms with Crippen molar-refractivity contribution in [3.05, 3.63) is 28.8 Å². The van der Waals surface area contributed by atoms with Crippen LogP contribution in [0.15, 0.2) is 18.2 Å². The average Bonchev–Trinajstić information content (AvgIpc) is 2.47. The monoisotopic (exact) mass is 308 g/mol. The normalized spacial score (nSPS) is 24.9. The van der Waals surface area contributed by atoms with Gasteiger partial charge in [-0.1, -0.05) is 11.6 Å². The lowest BCUT2D eigenvalue weighted by Crippen LogP contribution is -2.52. The zero-order valence-electron chi connectivity index (χ0n) is 13.2. The Morgan fingerprint density at radius 3 is 2.67 bits per heavy atom. The first-order valence-corrected chi connectivity index (χ1v) is 8.30. The number of ether oxygens (including phenoxy) is 1. The lowest BCUT2D eigenvalue weighted by Gasteiger charge is -2.47. The van der Waals surface area contributed by atoms with E-state index in [2.05, 4.69) is 24.1 Å². The molecule has 116 valence electrons. The second-order valence-electron chi connectivity index (χ2n) is 6.64. The number of benzene rings is 1. The van der Waals surface area contributed by atoms with Gasteiger partial charge in [0.15, 0.2) is 0 Å². The molecule has 1 saturated heterocycles. The van der Waals surface area contributed by atoms with E-state index in [-0.39, 0.29) is 5.60 Å². The van der Waals surface area contributed by atoms with Crippen molar-refractivity contribution in [2.45, 2.75) is 50.8 Å². The fraction of sp³-hybridized carbons (Fsp3) is 0.647. The molecule has 2 heterocycles. The summed E-state index contributed by atoms with van der Waals surface area (Å²) in [6.07, 6.45) is 3.24. The minimum absolute atomic E-state index is 0.0140. The molecule has 0 bridgehead atoms. The molecule has 3 nitrogen and oxygen atoms in total. The van der Waals surface area contributed by atoms with Gasteiger partial charge in [-0.3, -0.25) is 0 Å². The van der Waals surface area contributed by atoms with Gasteiger partial charge < -0.3 is 15.0 Å². The molecule has 2 aliphatic heterocycles. The number of piperidine rings is 1. The van der Waals surface area contributed by atoms with Crippen molar-refractivity contribution in [3.63, 3.8) is 0 Å². The molecule has 0 aromatic heterocycles. The van der Waals surface area contributed by atoms with Crippen LogP contribution < -0.4 is 10.1 Å². The zero-order chi connectivity index (χ0) is 15.0. The molecule has 3 rings (SSSR count). The molecule has 2 aliphatic rings. The summed E-state index contributed by atoms with van der Waals surface area (Å²) in [5, 5.41) is 4.22. The smallest absolute Gasteiger partial charge is 0.125 e. The highest BCUT2D eigenvalue weighted by molar-refractivity contribution is 6.30. The maximum Gasteiger partial charge on any atom is 0.125 e. The van der Waals surface area contributed by atoms with Gasteiger partial charge in [-0.25, -0.2) is 0 Å². The molecule has 1 N–H and O–H groups in total. The van der Waals surface area contributed by atoms with Crippen molar-refractivity contribution in [1.29, 1.82) is 0 Å². The van der Waals surface area contributed by atoms with Gasteiger partial charge in [0, 0.05) is 42.2 Å². The lowest BCUT2D eigenvalue weighted by molar-refractivity contribution is -0.0306. The summed E-state index contributed by atoms with van der Waals surface area (Å²) in [6, 6.07) is 6.94. The summed E-state index contributed by atoms with van der Waals surface area (Å²) in [7, 11) is 2.03. The Balaban J connectivity index is 1.83. The summed E-state index contributed by atoms with van der Waals surface area (Å²) in [6.45, 7) is 6.79. The molecule has 21 heavy (non-hydrogen) atoms. The van der Waals surface area contributed by atoms with Gasteiger partial charge in [0.2, 0.25) is 0 Å². The lowest BCUT2D eigenvalue weighted by atomic mass is 9.80. The number of nitrogens with one attached hydrogen (secondary N) is 1. The van der Waals surface area contributed by atoms with E-state index in [1.54, 1.807) is 0 Å². The number of hydrogen-bond acceptors (Lipinski definition) is 3. The molecular formula is C17H25ClN2O. The topological polar surface area (TPSA) is 24.5 Å². The molecule has 1 unspecified atom stereocenters. The highest BCUT2D eigenvalue weighted by Gasteiger charge is 2.43. The van der Waals surface area contributed by atoms with E-state index in [1.165, 1.54) is 5.56 Å². The third-order valence-corrected chi connectivity index (χ3v) is 5.27. The van der Waals surface area contributed by atoms with Gasteiger partial charge in [-0.05, 0) is 51.9 Å². The van der Waals surface area contributed by atoms with E-state index in [1.807, 2.05) is 25.2 Å². The molecular weight excluding hydrogens is 284 g/mol. The second kappa shape index (κ2) is 5.79. The molecule has 0 aliphatic carbocycles. The minimum atomic E-state index is -0.0140. The number of halogens is 1. The Hall–Kier alpha value is -0.770. The zero-order valence-corrected chi connectivity index (χ0v) is 13.9. The van der Waals surface area contributed by atoms with Gasteiger partial charge in [0.25, 0.3) is 0 Å². The summed E-state index contributed by atoms with van der Waals surface area (Å²) in [5.41, 5.74) is 1.18. The SMILES string of the molecule is CNC1CC2(CCN(C(C)C)CC2)Oc2ccc(Cl)cc21. The van der Waals surface area contributed by atoms with E-state index >= 15 is 0 Å². The van der Waals surface area contributed by atoms with Gasteiger partial charge in [-0.15, -0.1) is 0 Å². The number of nitrogens with zero attached hydrogens (tertiary/aromatic N) is 1. The highest BCUT2D eigenvalue weighted by atomic mass is 35.5. The summed E-state index contributed by atoms with van der Waals surface area (Å²) >= 11 is 6.14. The van der Waals surface area contributed by atoms with Crippen molar-refractivity contribution < 1.29 is 4.74 Å². The van der Waals surface area contributed by atoms with Crippen LogP contribution in [0.25, 0.3) is 0 Å². The highest BCUT2D eigenvalue weighted by Crippen LogP contribution is 2.45. The van der Waals surface area contributed by atoms with Crippen LogP contribution in [0.2, 0.25) is 5.02 Å². The molecule has 0 amide bonds. The second-order valence-corrected chi connectivity index (χ2v) is 7.08. The Morgan fingerprint density at radius 2 is 2.05 bits per heavy atom. The molecule has 1 spiro atoms. The van der Waals surface area contributed by atoms with Gasteiger partial charge in [0.1, 0.15) is 11.4 Å². The maximum absolute atomic E-state index is 6.45. The Morgan fingerprint density at radius 1 is 1.33 bits per heavy atom. The van der Waals surface area contributed by atoms with Crippen LogP contribution in [-0.4, -0.2) is 36.7 Å². The Kier molecular flexibility index (Phi) is 4.17. The molecule has 1 atom stereocenters. The molecule has 4 heteroatoms. The van der Waals surface area contributed by atoms with Crippen LogP contribution in [0, 0.1) is 0 Å². The summed E-state index contributed by atoms with van der Waals surface area (Å²) in [5.74, 6) is 1.00. The Labute approximate surface area is 132 Å². The maximum atomic E-state index is 6.45. The van der Waals surface area contributed by atoms with E-state index < -0.39 is 0 Å². The molecule has 0 radical (unpaired) electrons. The fourth-order valence-corrected chi connectivity index (χ4v) is 3.83. The van der Waals surface area contributed by atoms with Gasteiger partial charge >= 0.3 is 0 Å². The predicted molar refractivity (Wildman–Crippen MR) is 87.2 cm³/mol.